The van der Waals surface area contributed by atoms with Crippen LogP contribution in [0.15, 0.2) is 45.6 Å². The van der Waals surface area contributed by atoms with Crippen molar-refractivity contribution in [2.75, 3.05) is 0 Å². The van der Waals surface area contributed by atoms with E-state index >= 15 is 0 Å². The molecule has 1 aliphatic rings. The molecule has 0 aliphatic carbocycles. The molecule has 1 unspecified atom stereocenters. The first-order valence-electron chi connectivity index (χ1n) is 8.98. The molecular weight excluding hydrogens is 376 g/mol. The fraction of sp³-hybridized carbons (Fsp3) is 0.300. The molecule has 1 aliphatic heterocycles. The number of carbonyl (C=O) groups excluding carboxylic acids is 2. The molecule has 28 heavy (non-hydrogen) atoms. The molecule has 8 heteroatoms. The third kappa shape index (κ3) is 3.09. The highest BCUT2D eigenvalue weighted by Gasteiger charge is 2.49. The van der Waals surface area contributed by atoms with Crippen LogP contribution in [0, 0.1) is 0 Å². The molecule has 1 atom stereocenters. The normalized spacial score (nSPS) is 19.5. The second-order valence-electron chi connectivity index (χ2n) is 7.25. The lowest BCUT2D eigenvalue weighted by molar-refractivity contribution is -0.131. The lowest BCUT2D eigenvalue weighted by Gasteiger charge is -2.20. The summed E-state index contributed by atoms with van der Waals surface area (Å²) in [6.07, 6.45) is 0. The maximum absolute atomic E-state index is 12.9. The van der Waals surface area contributed by atoms with Crippen molar-refractivity contribution in [3.63, 3.8) is 0 Å². The van der Waals surface area contributed by atoms with Crippen molar-refractivity contribution in [1.82, 2.24) is 20.4 Å². The lowest BCUT2D eigenvalue weighted by Crippen LogP contribution is -2.40. The van der Waals surface area contributed by atoms with Crippen LogP contribution in [0.5, 0.6) is 0 Å². The Morgan fingerprint density at radius 3 is 2.61 bits per heavy atom. The molecule has 7 nitrogen and oxygen atoms in total. The van der Waals surface area contributed by atoms with Crippen LogP contribution in [-0.4, -0.2) is 27.0 Å². The minimum absolute atomic E-state index is 0.0680. The van der Waals surface area contributed by atoms with Crippen molar-refractivity contribution in [2.24, 2.45) is 0 Å². The SMILES string of the molecule is CC(C)c1ccc(-c2noc(CN3C(=O)NC(C)(c4ccsc4)C3=O)n2)cc1. The highest BCUT2D eigenvalue weighted by molar-refractivity contribution is 7.08. The second-order valence-corrected chi connectivity index (χ2v) is 8.03. The van der Waals surface area contributed by atoms with Gasteiger partial charge in [0.15, 0.2) is 0 Å². The minimum Gasteiger partial charge on any atom is -0.337 e. The number of hydrogen-bond donors (Lipinski definition) is 1. The second kappa shape index (κ2) is 6.87. The first-order chi connectivity index (χ1) is 13.4. The van der Waals surface area contributed by atoms with E-state index in [9.17, 15) is 9.59 Å². The Kier molecular flexibility index (Phi) is 4.50. The number of hydrogen-bond acceptors (Lipinski definition) is 6. The number of nitrogens with one attached hydrogen (secondary N) is 1. The Bertz CT molecular complexity index is 1010. The van der Waals surface area contributed by atoms with Gasteiger partial charge in [-0.2, -0.15) is 16.3 Å². The van der Waals surface area contributed by atoms with E-state index in [2.05, 4.69) is 29.3 Å². The fourth-order valence-corrected chi connectivity index (χ4v) is 3.94. The Morgan fingerprint density at radius 1 is 1.21 bits per heavy atom. The Labute approximate surface area is 166 Å². The molecule has 144 valence electrons. The number of rotatable bonds is 5. The van der Waals surface area contributed by atoms with Crippen LogP contribution >= 0.6 is 11.3 Å². The number of thiophene rings is 1. The van der Waals surface area contributed by atoms with Crippen LogP contribution in [0.1, 0.15) is 43.7 Å². The monoisotopic (exact) mass is 396 g/mol. The number of amides is 3. The summed E-state index contributed by atoms with van der Waals surface area (Å²) in [6.45, 7) is 5.89. The van der Waals surface area contributed by atoms with E-state index in [1.165, 1.54) is 16.9 Å². The summed E-state index contributed by atoms with van der Waals surface area (Å²) < 4.78 is 5.28. The number of nitrogens with zero attached hydrogens (tertiary/aromatic N) is 3. The Hall–Kier alpha value is -3.00. The van der Waals surface area contributed by atoms with Gasteiger partial charge in [-0.25, -0.2) is 4.79 Å². The molecule has 1 N–H and O–H groups in total. The van der Waals surface area contributed by atoms with E-state index in [4.69, 9.17) is 4.52 Å². The summed E-state index contributed by atoms with van der Waals surface area (Å²) in [5.74, 6) is 0.739. The molecule has 2 aromatic heterocycles. The molecule has 3 heterocycles. The zero-order chi connectivity index (χ0) is 19.9. The Balaban J connectivity index is 1.52. The van der Waals surface area contributed by atoms with E-state index in [1.807, 2.05) is 41.1 Å². The summed E-state index contributed by atoms with van der Waals surface area (Å²) in [5, 5.41) is 10.5. The summed E-state index contributed by atoms with van der Waals surface area (Å²) in [5.41, 5.74) is 1.72. The van der Waals surface area contributed by atoms with Gasteiger partial charge in [0, 0.05) is 5.56 Å². The van der Waals surface area contributed by atoms with Crippen LogP contribution in [0.4, 0.5) is 4.79 Å². The van der Waals surface area contributed by atoms with Crippen LogP contribution in [0.2, 0.25) is 0 Å². The summed E-state index contributed by atoms with van der Waals surface area (Å²) in [6, 6.07) is 9.29. The van der Waals surface area contributed by atoms with Crippen molar-refractivity contribution >= 4 is 23.3 Å². The first kappa shape index (κ1) is 18.4. The van der Waals surface area contributed by atoms with Crippen molar-refractivity contribution in [2.45, 2.75) is 38.8 Å². The molecule has 0 spiro atoms. The molecule has 3 amide bonds. The smallest absolute Gasteiger partial charge is 0.325 e. The zero-order valence-electron chi connectivity index (χ0n) is 15.8. The molecule has 0 bridgehead atoms. The third-order valence-corrected chi connectivity index (χ3v) is 5.65. The molecular formula is C20H20N4O3S. The van der Waals surface area contributed by atoms with Gasteiger partial charge in [-0.15, -0.1) is 0 Å². The van der Waals surface area contributed by atoms with Crippen molar-refractivity contribution in [1.29, 1.82) is 0 Å². The number of carbonyl (C=O) groups is 2. The maximum atomic E-state index is 12.9. The van der Waals surface area contributed by atoms with Gasteiger partial charge in [0.25, 0.3) is 5.91 Å². The Morgan fingerprint density at radius 2 is 1.96 bits per heavy atom. The molecule has 0 radical (unpaired) electrons. The van der Waals surface area contributed by atoms with Gasteiger partial charge in [-0.3, -0.25) is 9.69 Å². The van der Waals surface area contributed by atoms with Gasteiger partial charge in [0.1, 0.15) is 12.1 Å². The van der Waals surface area contributed by atoms with Crippen molar-refractivity contribution in [3.8, 4) is 11.4 Å². The maximum Gasteiger partial charge on any atom is 0.325 e. The summed E-state index contributed by atoms with van der Waals surface area (Å²) in [7, 11) is 0. The predicted octanol–water partition coefficient (Wildman–Crippen LogP) is 3.89. The number of benzene rings is 1. The van der Waals surface area contributed by atoms with Crippen LogP contribution in [0.3, 0.4) is 0 Å². The van der Waals surface area contributed by atoms with Gasteiger partial charge in [0.2, 0.25) is 11.7 Å². The number of imide groups is 1. The van der Waals surface area contributed by atoms with E-state index in [0.29, 0.717) is 11.7 Å². The van der Waals surface area contributed by atoms with Crippen molar-refractivity contribution in [3.05, 3.63) is 58.1 Å². The molecule has 1 fully saturated rings. The summed E-state index contributed by atoms with van der Waals surface area (Å²) >= 11 is 1.47. The average Bonchev–Trinajstić information content (AvgIpc) is 3.41. The average molecular weight is 396 g/mol. The third-order valence-electron chi connectivity index (χ3n) is 4.97. The van der Waals surface area contributed by atoms with E-state index in [0.717, 1.165) is 16.0 Å². The van der Waals surface area contributed by atoms with Crippen molar-refractivity contribution < 1.29 is 14.1 Å². The van der Waals surface area contributed by atoms with Crippen LogP contribution in [-0.2, 0) is 16.9 Å². The highest BCUT2D eigenvalue weighted by Crippen LogP contribution is 2.31. The molecule has 0 saturated carbocycles. The lowest BCUT2D eigenvalue weighted by atomic mass is 9.95. The number of urea groups is 1. The largest absolute Gasteiger partial charge is 0.337 e. The van der Waals surface area contributed by atoms with Crippen LogP contribution in [0.25, 0.3) is 11.4 Å². The van der Waals surface area contributed by atoms with E-state index in [1.54, 1.807) is 6.92 Å². The highest BCUT2D eigenvalue weighted by atomic mass is 32.1. The van der Waals surface area contributed by atoms with Gasteiger partial charge < -0.3 is 9.84 Å². The summed E-state index contributed by atoms with van der Waals surface area (Å²) in [4.78, 5) is 30.7. The molecule has 1 aromatic carbocycles. The van der Waals surface area contributed by atoms with Gasteiger partial charge in [-0.1, -0.05) is 43.3 Å². The quantitative estimate of drug-likeness (QED) is 0.661. The fourth-order valence-electron chi connectivity index (χ4n) is 3.17. The molecule has 3 aromatic rings. The van der Waals surface area contributed by atoms with Gasteiger partial charge in [0.05, 0.1) is 0 Å². The standard InChI is InChI=1S/C20H20N4O3S/c1-12(2)13-4-6-14(7-5-13)17-21-16(27-23-17)10-24-18(25)20(3,22-19(24)26)15-8-9-28-11-15/h4-9,11-12H,10H2,1-3H3,(H,22,26). The van der Waals surface area contributed by atoms with E-state index in [-0.39, 0.29) is 18.3 Å². The van der Waals surface area contributed by atoms with Gasteiger partial charge in [-0.05, 0) is 40.8 Å². The minimum atomic E-state index is -1.08. The topological polar surface area (TPSA) is 88.3 Å². The number of aromatic nitrogens is 2. The molecule has 4 rings (SSSR count). The first-order valence-corrected chi connectivity index (χ1v) is 9.92. The predicted molar refractivity (Wildman–Crippen MR) is 105 cm³/mol. The van der Waals surface area contributed by atoms with Gasteiger partial charge >= 0.3 is 6.03 Å². The van der Waals surface area contributed by atoms with E-state index < -0.39 is 11.6 Å². The molecule has 1 saturated heterocycles. The van der Waals surface area contributed by atoms with Crippen LogP contribution < -0.4 is 5.32 Å². The zero-order valence-corrected chi connectivity index (χ0v) is 16.6.